The average molecular weight is 353 g/mol. The highest BCUT2D eigenvalue weighted by Gasteiger charge is 2.09. The molecule has 0 saturated heterocycles. The lowest BCUT2D eigenvalue weighted by Gasteiger charge is -2.14. The molecule has 2 amide bonds. The van der Waals surface area contributed by atoms with Gasteiger partial charge in [-0.15, -0.1) is 0 Å². The van der Waals surface area contributed by atoms with Gasteiger partial charge in [-0.1, -0.05) is 75.9 Å². The molecular weight excluding hydrogens is 320 g/mol. The number of anilines is 2. The van der Waals surface area contributed by atoms with Crippen molar-refractivity contribution in [3.63, 3.8) is 0 Å². The van der Waals surface area contributed by atoms with Crippen molar-refractivity contribution in [2.24, 2.45) is 0 Å². The van der Waals surface area contributed by atoms with Crippen LogP contribution in [-0.2, 0) is 12.8 Å². The van der Waals surface area contributed by atoms with E-state index >= 15 is 0 Å². The van der Waals surface area contributed by atoms with E-state index in [1.165, 1.54) is 36.8 Å². The highest BCUT2D eigenvalue weighted by Crippen LogP contribution is 2.21. The van der Waals surface area contributed by atoms with Crippen molar-refractivity contribution in [2.75, 3.05) is 10.6 Å². The lowest BCUT2D eigenvalue weighted by atomic mass is 10.0. The predicted molar refractivity (Wildman–Crippen MR) is 112 cm³/mol. The van der Waals surface area contributed by atoms with Crippen LogP contribution in [0.5, 0.6) is 0 Å². The quantitative estimate of drug-likeness (QED) is 0.454. The van der Waals surface area contributed by atoms with Crippen molar-refractivity contribution in [2.45, 2.75) is 65.2 Å². The number of nitrogens with one attached hydrogen (secondary N) is 2. The lowest BCUT2D eigenvalue weighted by Crippen LogP contribution is -2.21. The molecule has 0 saturated carbocycles. The zero-order valence-corrected chi connectivity index (χ0v) is 16.2. The van der Waals surface area contributed by atoms with Crippen LogP contribution in [-0.4, -0.2) is 6.03 Å². The Morgan fingerprint density at radius 3 is 1.54 bits per heavy atom. The van der Waals surface area contributed by atoms with Gasteiger partial charge in [-0.25, -0.2) is 4.79 Å². The van der Waals surface area contributed by atoms with Gasteiger partial charge >= 0.3 is 6.03 Å². The molecule has 0 aliphatic heterocycles. The first-order valence-corrected chi connectivity index (χ1v) is 9.98. The van der Waals surface area contributed by atoms with E-state index in [4.69, 9.17) is 0 Å². The van der Waals surface area contributed by atoms with Gasteiger partial charge in [-0.05, 0) is 48.9 Å². The summed E-state index contributed by atoms with van der Waals surface area (Å²) >= 11 is 0. The number of carbonyl (C=O) groups is 1. The fraction of sp³-hybridized carbons (Fsp3) is 0.435. The topological polar surface area (TPSA) is 41.1 Å². The third kappa shape index (κ3) is 6.55. The smallest absolute Gasteiger partial charge is 0.307 e. The van der Waals surface area contributed by atoms with E-state index in [-0.39, 0.29) is 6.03 Å². The number of hydrogen-bond donors (Lipinski definition) is 2. The monoisotopic (exact) mass is 352 g/mol. The minimum Gasteiger partial charge on any atom is -0.307 e. The summed E-state index contributed by atoms with van der Waals surface area (Å²) in [7, 11) is 0. The highest BCUT2D eigenvalue weighted by molar-refractivity contribution is 6.00. The number of carbonyl (C=O) groups excluding carboxylic acids is 1. The number of rotatable bonds is 10. The number of unbranched alkanes of at least 4 members (excludes halogenated alkanes) is 4. The molecule has 140 valence electrons. The molecular formula is C23H32N2O. The molecule has 0 radical (unpaired) electrons. The Hall–Kier alpha value is -2.29. The van der Waals surface area contributed by atoms with Gasteiger partial charge in [0.2, 0.25) is 0 Å². The Balaban J connectivity index is 1.99. The molecule has 2 rings (SSSR count). The number of aryl methyl sites for hydroxylation is 2. The first-order chi connectivity index (χ1) is 12.7. The fourth-order valence-electron chi connectivity index (χ4n) is 3.13. The van der Waals surface area contributed by atoms with Crippen molar-refractivity contribution in [3.05, 3.63) is 59.7 Å². The van der Waals surface area contributed by atoms with E-state index in [0.717, 1.165) is 37.1 Å². The van der Waals surface area contributed by atoms with Crippen molar-refractivity contribution in [3.8, 4) is 0 Å². The van der Waals surface area contributed by atoms with Gasteiger partial charge in [0.25, 0.3) is 0 Å². The van der Waals surface area contributed by atoms with Crippen LogP contribution in [0.25, 0.3) is 0 Å². The third-order valence-corrected chi connectivity index (χ3v) is 4.63. The Morgan fingerprint density at radius 1 is 0.692 bits per heavy atom. The Labute approximate surface area is 158 Å². The van der Waals surface area contributed by atoms with Gasteiger partial charge in [0.05, 0.1) is 0 Å². The molecule has 0 bridgehead atoms. The second-order valence-electron chi connectivity index (χ2n) is 6.81. The summed E-state index contributed by atoms with van der Waals surface area (Å²) in [6, 6.07) is 16.0. The Kier molecular flexibility index (Phi) is 8.74. The fourth-order valence-corrected chi connectivity index (χ4v) is 3.13. The van der Waals surface area contributed by atoms with Crippen LogP contribution >= 0.6 is 0 Å². The number of hydrogen-bond acceptors (Lipinski definition) is 1. The van der Waals surface area contributed by atoms with Gasteiger partial charge < -0.3 is 10.6 Å². The van der Waals surface area contributed by atoms with Crippen LogP contribution in [0.15, 0.2) is 48.5 Å². The SMILES string of the molecule is CCCCCc1ccccc1NC(=O)Nc1ccccc1CCCCC. The molecule has 0 atom stereocenters. The van der Waals surface area contributed by atoms with Crippen LogP contribution in [0.3, 0.4) is 0 Å². The predicted octanol–water partition coefficient (Wildman–Crippen LogP) is 6.80. The molecule has 2 aromatic rings. The molecule has 0 spiro atoms. The molecule has 2 N–H and O–H groups in total. The number of para-hydroxylation sites is 2. The van der Waals surface area contributed by atoms with E-state index in [1.54, 1.807) is 0 Å². The normalized spacial score (nSPS) is 10.5. The maximum absolute atomic E-state index is 12.5. The third-order valence-electron chi connectivity index (χ3n) is 4.63. The zero-order chi connectivity index (χ0) is 18.6. The zero-order valence-electron chi connectivity index (χ0n) is 16.2. The van der Waals surface area contributed by atoms with Crippen molar-refractivity contribution >= 4 is 17.4 Å². The maximum atomic E-state index is 12.5. The van der Waals surface area contributed by atoms with Crippen LogP contribution in [0.4, 0.5) is 16.2 Å². The molecule has 3 heteroatoms. The van der Waals surface area contributed by atoms with E-state index in [9.17, 15) is 4.79 Å². The van der Waals surface area contributed by atoms with Gasteiger partial charge in [0.1, 0.15) is 0 Å². The standard InChI is InChI=1S/C23H32N2O/c1-3-5-7-13-19-15-9-11-17-21(19)24-23(26)25-22-18-12-10-16-20(22)14-8-6-4-2/h9-12,15-18H,3-8,13-14H2,1-2H3,(H2,24,25,26). The summed E-state index contributed by atoms with van der Waals surface area (Å²) in [5.41, 5.74) is 4.22. The van der Waals surface area contributed by atoms with E-state index in [0.29, 0.717) is 0 Å². The van der Waals surface area contributed by atoms with Crippen molar-refractivity contribution in [1.82, 2.24) is 0 Å². The van der Waals surface area contributed by atoms with Gasteiger partial charge in [-0.3, -0.25) is 0 Å². The molecule has 0 unspecified atom stereocenters. The molecule has 3 nitrogen and oxygen atoms in total. The maximum Gasteiger partial charge on any atom is 0.323 e. The summed E-state index contributed by atoms with van der Waals surface area (Å²) in [6.07, 6.45) is 9.12. The molecule has 26 heavy (non-hydrogen) atoms. The van der Waals surface area contributed by atoms with Gasteiger partial charge in [-0.2, -0.15) is 0 Å². The van der Waals surface area contributed by atoms with Gasteiger partial charge in [0, 0.05) is 11.4 Å². The number of benzene rings is 2. The minimum atomic E-state index is -0.170. The summed E-state index contributed by atoms with van der Waals surface area (Å²) in [4.78, 5) is 12.5. The van der Waals surface area contributed by atoms with E-state index in [1.807, 2.05) is 36.4 Å². The van der Waals surface area contributed by atoms with Crippen molar-refractivity contribution < 1.29 is 4.79 Å². The largest absolute Gasteiger partial charge is 0.323 e. The average Bonchev–Trinajstić information content (AvgIpc) is 2.65. The lowest BCUT2D eigenvalue weighted by molar-refractivity contribution is 0.262. The second kappa shape index (κ2) is 11.3. The molecule has 0 fully saturated rings. The number of urea groups is 1. The molecule has 0 heterocycles. The molecule has 0 aliphatic carbocycles. The Bertz CT molecular complexity index is 624. The van der Waals surface area contributed by atoms with E-state index in [2.05, 4.69) is 36.6 Å². The number of amides is 2. The van der Waals surface area contributed by atoms with E-state index < -0.39 is 0 Å². The molecule has 2 aromatic carbocycles. The summed E-state index contributed by atoms with van der Waals surface area (Å²) in [5.74, 6) is 0. The van der Waals surface area contributed by atoms with Crippen LogP contribution < -0.4 is 10.6 Å². The summed E-state index contributed by atoms with van der Waals surface area (Å²) < 4.78 is 0. The summed E-state index contributed by atoms with van der Waals surface area (Å²) in [5, 5.41) is 6.06. The molecule has 0 aliphatic rings. The van der Waals surface area contributed by atoms with Crippen LogP contribution in [0, 0.1) is 0 Å². The highest BCUT2D eigenvalue weighted by atomic mass is 16.2. The molecule has 0 aromatic heterocycles. The second-order valence-corrected chi connectivity index (χ2v) is 6.81. The van der Waals surface area contributed by atoms with Crippen molar-refractivity contribution in [1.29, 1.82) is 0 Å². The van der Waals surface area contributed by atoms with Crippen LogP contribution in [0.2, 0.25) is 0 Å². The van der Waals surface area contributed by atoms with Gasteiger partial charge in [0.15, 0.2) is 0 Å². The first kappa shape index (κ1) is 20.0. The Morgan fingerprint density at radius 2 is 1.12 bits per heavy atom. The minimum absolute atomic E-state index is 0.170. The van der Waals surface area contributed by atoms with Crippen LogP contribution in [0.1, 0.15) is 63.5 Å². The summed E-state index contributed by atoms with van der Waals surface area (Å²) in [6.45, 7) is 4.41. The first-order valence-electron chi connectivity index (χ1n) is 9.98.